The maximum absolute atomic E-state index is 13.0. The van der Waals surface area contributed by atoms with Crippen molar-refractivity contribution in [1.82, 2.24) is 13.9 Å². The number of hydrogen-bond donors (Lipinski definition) is 0. The van der Waals surface area contributed by atoms with E-state index in [1.54, 1.807) is 23.1 Å². The van der Waals surface area contributed by atoms with Gasteiger partial charge in [-0.1, -0.05) is 25.3 Å². The quantitative estimate of drug-likeness (QED) is 0.734. The number of amides is 1. The first kappa shape index (κ1) is 19.9. The standard InChI is InChI=1S/C18H24N4O3S2/c1-4-15-17(26-20-19-15)18(23)22-11-7-8-13-12-14(9-10-16(13)22)27(24,25)21(5-2)6-3/h9-10,12H,4-8,11H2,1-3H3. The summed E-state index contributed by atoms with van der Waals surface area (Å²) in [6.07, 6.45) is 2.20. The van der Waals surface area contributed by atoms with Gasteiger partial charge in [-0.3, -0.25) is 4.79 Å². The zero-order chi connectivity index (χ0) is 19.6. The third-order valence-electron chi connectivity index (χ3n) is 4.84. The van der Waals surface area contributed by atoms with Crippen molar-refractivity contribution in [3.05, 3.63) is 34.3 Å². The largest absolute Gasteiger partial charge is 0.307 e. The van der Waals surface area contributed by atoms with Crippen LogP contribution in [0.25, 0.3) is 0 Å². The minimum Gasteiger partial charge on any atom is -0.307 e. The summed E-state index contributed by atoms with van der Waals surface area (Å²) in [4.78, 5) is 15.6. The smallest absolute Gasteiger partial charge is 0.271 e. The van der Waals surface area contributed by atoms with Crippen LogP contribution >= 0.6 is 11.5 Å². The molecule has 0 atom stereocenters. The van der Waals surface area contributed by atoms with E-state index in [0.717, 1.165) is 35.6 Å². The molecule has 0 saturated carbocycles. The molecule has 1 amide bonds. The van der Waals surface area contributed by atoms with Gasteiger partial charge >= 0.3 is 0 Å². The van der Waals surface area contributed by atoms with Gasteiger partial charge in [0.15, 0.2) is 0 Å². The Bertz CT molecular complexity index is 936. The van der Waals surface area contributed by atoms with Crippen LogP contribution in [0.15, 0.2) is 23.1 Å². The summed E-state index contributed by atoms with van der Waals surface area (Å²) in [5.41, 5.74) is 2.37. The normalized spacial score (nSPS) is 14.4. The molecule has 2 aromatic rings. The third kappa shape index (κ3) is 3.63. The van der Waals surface area contributed by atoms with Crippen molar-refractivity contribution in [2.75, 3.05) is 24.5 Å². The Morgan fingerprint density at radius 3 is 2.67 bits per heavy atom. The highest BCUT2D eigenvalue weighted by Crippen LogP contribution is 2.32. The lowest BCUT2D eigenvalue weighted by Gasteiger charge is -2.30. The fraction of sp³-hybridized carbons (Fsp3) is 0.500. The highest BCUT2D eigenvalue weighted by molar-refractivity contribution is 7.89. The van der Waals surface area contributed by atoms with E-state index in [1.807, 2.05) is 20.8 Å². The average Bonchev–Trinajstić information content (AvgIpc) is 3.16. The van der Waals surface area contributed by atoms with Crippen molar-refractivity contribution in [2.24, 2.45) is 0 Å². The Morgan fingerprint density at radius 1 is 1.26 bits per heavy atom. The number of hydrogen-bond acceptors (Lipinski definition) is 6. The van der Waals surface area contributed by atoms with Crippen LogP contribution < -0.4 is 4.90 Å². The van der Waals surface area contributed by atoms with Crippen LogP contribution in [0.1, 0.15) is 48.1 Å². The number of rotatable bonds is 6. The monoisotopic (exact) mass is 408 g/mol. The number of nitrogens with zero attached hydrogens (tertiary/aromatic N) is 4. The molecule has 27 heavy (non-hydrogen) atoms. The fourth-order valence-corrected chi connectivity index (χ4v) is 5.59. The molecule has 0 unspecified atom stereocenters. The second-order valence-electron chi connectivity index (χ2n) is 6.34. The van der Waals surface area contributed by atoms with Crippen molar-refractivity contribution in [2.45, 2.75) is 44.9 Å². The molecule has 1 aliphatic heterocycles. The topological polar surface area (TPSA) is 83.5 Å². The summed E-state index contributed by atoms with van der Waals surface area (Å²) >= 11 is 1.11. The number of aromatic nitrogens is 2. The zero-order valence-corrected chi connectivity index (χ0v) is 17.4. The Balaban J connectivity index is 1.97. The van der Waals surface area contributed by atoms with E-state index in [9.17, 15) is 13.2 Å². The first-order chi connectivity index (χ1) is 12.9. The predicted octanol–water partition coefficient (Wildman–Crippen LogP) is 2.72. The van der Waals surface area contributed by atoms with E-state index in [0.29, 0.717) is 36.6 Å². The highest BCUT2D eigenvalue weighted by Gasteiger charge is 2.29. The molecule has 0 N–H and O–H groups in total. The van der Waals surface area contributed by atoms with Crippen molar-refractivity contribution >= 4 is 33.2 Å². The van der Waals surface area contributed by atoms with Gasteiger partial charge in [0.2, 0.25) is 10.0 Å². The van der Waals surface area contributed by atoms with Crippen LogP contribution in [0.5, 0.6) is 0 Å². The van der Waals surface area contributed by atoms with Crippen LogP contribution in [0, 0.1) is 0 Å². The fourth-order valence-electron chi connectivity index (χ4n) is 3.38. The SMILES string of the molecule is CCc1nnsc1C(=O)N1CCCc2cc(S(=O)(=O)N(CC)CC)ccc21. The Kier molecular flexibility index (Phi) is 5.92. The maximum atomic E-state index is 13.0. The molecule has 146 valence electrons. The molecule has 1 aliphatic rings. The van der Waals surface area contributed by atoms with E-state index >= 15 is 0 Å². The van der Waals surface area contributed by atoms with Crippen molar-refractivity contribution in [3.8, 4) is 0 Å². The van der Waals surface area contributed by atoms with Crippen LogP contribution in [-0.4, -0.2) is 47.9 Å². The van der Waals surface area contributed by atoms with Crippen molar-refractivity contribution in [3.63, 3.8) is 0 Å². The minimum atomic E-state index is -3.51. The number of anilines is 1. The third-order valence-corrected chi connectivity index (χ3v) is 7.64. The number of sulfonamides is 1. The zero-order valence-electron chi connectivity index (χ0n) is 15.8. The van der Waals surface area contributed by atoms with Gasteiger partial charge in [-0.05, 0) is 54.6 Å². The van der Waals surface area contributed by atoms with Gasteiger partial charge in [-0.15, -0.1) is 5.10 Å². The van der Waals surface area contributed by atoms with Crippen LogP contribution in [-0.2, 0) is 22.9 Å². The van der Waals surface area contributed by atoms with E-state index in [2.05, 4.69) is 9.59 Å². The Labute approximate surface area is 164 Å². The second-order valence-corrected chi connectivity index (χ2v) is 9.03. The summed E-state index contributed by atoms with van der Waals surface area (Å²) in [6, 6.07) is 5.07. The second kappa shape index (κ2) is 8.04. The molecule has 1 aromatic heterocycles. The number of benzene rings is 1. The molecular weight excluding hydrogens is 384 g/mol. The molecule has 7 nitrogen and oxygen atoms in total. The van der Waals surface area contributed by atoms with Crippen molar-refractivity contribution in [1.29, 1.82) is 0 Å². The number of fused-ring (bicyclic) bond motifs is 1. The summed E-state index contributed by atoms with van der Waals surface area (Å²) in [7, 11) is -3.51. The van der Waals surface area contributed by atoms with Gasteiger partial charge in [-0.2, -0.15) is 4.31 Å². The molecule has 0 aliphatic carbocycles. The van der Waals surface area contributed by atoms with Crippen LogP contribution in [0.2, 0.25) is 0 Å². The number of aryl methyl sites for hydroxylation is 2. The molecule has 0 bridgehead atoms. The molecule has 3 rings (SSSR count). The summed E-state index contributed by atoms with van der Waals surface area (Å²) in [6.45, 7) is 7.07. The van der Waals surface area contributed by atoms with Crippen molar-refractivity contribution < 1.29 is 13.2 Å². The number of carbonyl (C=O) groups excluding carboxylic acids is 1. The molecule has 0 fully saturated rings. The lowest BCUT2D eigenvalue weighted by molar-refractivity contribution is 0.0988. The first-order valence-electron chi connectivity index (χ1n) is 9.20. The molecule has 0 saturated heterocycles. The van der Waals surface area contributed by atoms with Crippen LogP contribution in [0.3, 0.4) is 0 Å². The molecule has 9 heteroatoms. The molecule has 2 heterocycles. The Hall–Kier alpha value is -1.84. The van der Waals surface area contributed by atoms with E-state index < -0.39 is 10.0 Å². The lowest BCUT2D eigenvalue weighted by atomic mass is 10.0. The van der Waals surface area contributed by atoms with Crippen LogP contribution in [0.4, 0.5) is 5.69 Å². The Morgan fingerprint density at radius 2 is 2.00 bits per heavy atom. The van der Waals surface area contributed by atoms with Gasteiger partial charge in [-0.25, -0.2) is 8.42 Å². The molecular formula is C18H24N4O3S2. The van der Waals surface area contributed by atoms with E-state index in [1.165, 1.54) is 4.31 Å². The van der Waals surface area contributed by atoms with Gasteiger partial charge in [0.25, 0.3) is 5.91 Å². The summed E-state index contributed by atoms with van der Waals surface area (Å²) < 4.78 is 30.9. The lowest BCUT2D eigenvalue weighted by Crippen LogP contribution is -2.36. The average molecular weight is 409 g/mol. The first-order valence-corrected chi connectivity index (χ1v) is 11.4. The van der Waals surface area contributed by atoms with E-state index in [-0.39, 0.29) is 10.8 Å². The van der Waals surface area contributed by atoms with Gasteiger partial charge in [0, 0.05) is 25.3 Å². The summed E-state index contributed by atoms with van der Waals surface area (Å²) in [5, 5.41) is 4.03. The maximum Gasteiger partial charge on any atom is 0.271 e. The van der Waals surface area contributed by atoms with Gasteiger partial charge < -0.3 is 4.90 Å². The van der Waals surface area contributed by atoms with Gasteiger partial charge in [0.05, 0.1) is 10.6 Å². The van der Waals surface area contributed by atoms with Gasteiger partial charge in [0.1, 0.15) is 4.88 Å². The molecule has 1 aromatic carbocycles. The predicted molar refractivity (Wildman–Crippen MR) is 106 cm³/mol. The number of carbonyl (C=O) groups is 1. The van der Waals surface area contributed by atoms with E-state index in [4.69, 9.17) is 0 Å². The molecule has 0 radical (unpaired) electrons. The molecule has 0 spiro atoms. The highest BCUT2D eigenvalue weighted by atomic mass is 32.2. The summed E-state index contributed by atoms with van der Waals surface area (Å²) in [5.74, 6) is -0.109. The minimum absolute atomic E-state index is 0.109.